The Bertz CT molecular complexity index is 103. The molecule has 2 N–H and O–H groups in total. The summed E-state index contributed by atoms with van der Waals surface area (Å²) in [6, 6.07) is 0. The topological polar surface area (TPSA) is 58.9 Å². The molecule has 0 aromatic carbocycles. The molecule has 5 heteroatoms. The van der Waals surface area contributed by atoms with Gasteiger partial charge in [-0.05, 0) is 13.8 Å². The van der Waals surface area contributed by atoms with Crippen LogP contribution < -0.4 is 0 Å². The average Bonchev–Trinajstić information content (AvgIpc) is 1.94. The van der Waals surface area contributed by atoms with E-state index >= 15 is 0 Å². The van der Waals surface area contributed by atoms with Crippen LogP contribution >= 0.6 is 0 Å². The first kappa shape index (κ1) is 16.1. The maximum Gasteiger partial charge on any atom is 0.0824 e. The molecule has 80 valence electrons. The fraction of sp³-hybridized carbons (Fsp3) is 1.00. The Labute approximate surface area is 96.0 Å². The Morgan fingerprint density at radius 2 is 1.62 bits per heavy atom. The van der Waals surface area contributed by atoms with Gasteiger partial charge in [0.25, 0.3) is 0 Å². The molecule has 0 aliphatic heterocycles. The standard InChI is InChI=1S/C8H18O4.Te/c1-8(2,10)7-12-6-5-11-4-3-9;/h9-10H,3-7H2,1-2H3;. The summed E-state index contributed by atoms with van der Waals surface area (Å²) in [5.74, 6) is 0. The number of ether oxygens (including phenoxy) is 2. The smallest absolute Gasteiger partial charge is 0.0824 e. The molecule has 0 heterocycles. The molecule has 0 saturated heterocycles. The van der Waals surface area contributed by atoms with Crippen LogP contribution in [-0.4, -0.2) is 72.5 Å². The van der Waals surface area contributed by atoms with E-state index in [0.29, 0.717) is 26.4 Å². The predicted octanol–water partition coefficient (Wildman–Crippen LogP) is -0.598. The van der Waals surface area contributed by atoms with Crippen molar-refractivity contribution >= 4 is 23.7 Å². The third-order valence-electron chi connectivity index (χ3n) is 1.06. The van der Waals surface area contributed by atoms with Gasteiger partial charge in [0.2, 0.25) is 0 Å². The van der Waals surface area contributed by atoms with E-state index in [2.05, 4.69) is 0 Å². The van der Waals surface area contributed by atoms with Crippen molar-refractivity contribution in [2.45, 2.75) is 19.4 Å². The maximum absolute atomic E-state index is 9.21. The van der Waals surface area contributed by atoms with Gasteiger partial charge in [-0.1, -0.05) is 0 Å². The number of aliphatic hydroxyl groups is 2. The summed E-state index contributed by atoms with van der Waals surface area (Å²) in [6.07, 6.45) is 0. The molecule has 0 rings (SSSR count). The number of rotatable bonds is 7. The molecule has 13 heavy (non-hydrogen) atoms. The van der Waals surface area contributed by atoms with Crippen LogP contribution in [-0.2, 0) is 9.47 Å². The van der Waals surface area contributed by atoms with Crippen molar-refractivity contribution in [2.24, 2.45) is 0 Å². The minimum Gasteiger partial charge on any atom is -0.394 e. The van der Waals surface area contributed by atoms with Gasteiger partial charge in [-0.15, -0.1) is 0 Å². The summed E-state index contributed by atoms with van der Waals surface area (Å²) < 4.78 is 10.0. The van der Waals surface area contributed by atoms with E-state index in [-0.39, 0.29) is 30.3 Å². The van der Waals surface area contributed by atoms with Gasteiger partial charge in [0.15, 0.2) is 0 Å². The number of aliphatic hydroxyl groups excluding tert-OH is 1. The van der Waals surface area contributed by atoms with Gasteiger partial charge >= 0.3 is 0 Å². The summed E-state index contributed by atoms with van der Waals surface area (Å²) >= 11 is 0. The Kier molecular flexibility index (Phi) is 11.4. The third kappa shape index (κ3) is 15.4. The minimum atomic E-state index is -0.781. The van der Waals surface area contributed by atoms with Gasteiger partial charge in [-0.25, -0.2) is 0 Å². The fourth-order valence-corrected chi connectivity index (χ4v) is 0.606. The van der Waals surface area contributed by atoms with Crippen LogP contribution in [0, 0.1) is 0 Å². The second kappa shape index (κ2) is 9.20. The summed E-state index contributed by atoms with van der Waals surface area (Å²) in [5.41, 5.74) is -0.781. The Morgan fingerprint density at radius 1 is 1.08 bits per heavy atom. The SMILES string of the molecule is CC(C)(O)COCCOCCO.[Te]. The quantitative estimate of drug-likeness (QED) is 0.487. The molecule has 0 aromatic heterocycles. The van der Waals surface area contributed by atoms with E-state index in [1.165, 1.54) is 0 Å². The van der Waals surface area contributed by atoms with Crippen molar-refractivity contribution in [3.8, 4) is 0 Å². The van der Waals surface area contributed by atoms with Gasteiger partial charge in [0.05, 0.1) is 38.6 Å². The first-order valence-corrected chi connectivity index (χ1v) is 4.05. The van der Waals surface area contributed by atoms with Crippen LogP contribution in [0.1, 0.15) is 13.8 Å². The van der Waals surface area contributed by atoms with Gasteiger partial charge in [0.1, 0.15) is 0 Å². The second-order valence-corrected chi connectivity index (χ2v) is 3.20. The largest absolute Gasteiger partial charge is 0.394 e. The average molecular weight is 306 g/mol. The fourth-order valence-electron chi connectivity index (χ4n) is 0.606. The van der Waals surface area contributed by atoms with Crippen molar-refractivity contribution in [3.05, 3.63) is 0 Å². The summed E-state index contributed by atoms with van der Waals surface area (Å²) in [6.45, 7) is 4.94. The monoisotopic (exact) mass is 308 g/mol. The van der Waals surface area contributed by atoms with Gasteiger partial charge in [0, 0.05) is 23.7 Å². The third-order valence-corrected chi connectivity index (χ3v) is 1.06. The summed E-state index contributed by atoms with van der Waals surface area (Å²) in [4.78, 5) is 0. The van der Waals surface area contributed by atoms with Crippen molar-refractivity contribution in [1.82, 2.24) is 0 Å². The number of hydrogen-bond donors (Lipinski definition) is 2. The predicted molar refractivity (Wildman–Crippen MR) is 50.8 cm³/mol. The Hall–Kier alpha value is 0.630. The van der Waals surface area contributed by atoms with E-state index < -0.39 is 5.60 Å². The molecule has 0 spiro atoms. The van der Waals surface area contributed by atoms with Gasteiger partial charge < -0.3 is 19.7 Å². The molecule has 2 radical (unpaired) electrons. The zero-order chi connectivity index (χ0) is 9.45. The normalized spacial score (nSPS) is 11.1. The van der Waals surface area contributed by atoms with E-state index in [9.17, 15) is 5.11 Å². The zero-order valence-corrected chi connectivity index (χ0v) is 10.5. The molecule has 0 aliphatic carbocycles. The van der Waals surface area contributed by atoms with Crippen LogP contribution in [0.15, 0.2) is 0 Å². The van der Waals surface area contributed by atoms with E-state index in [1.807, 2.05) is 0 Å². The first-order chi connectivity index (χ1) is 5.56. The second-order valence-electron chi connectivity index (χ2n) is 3.20. The molecule has 0 fully saturated rings. The molecule has 0 saturated carbocycles. The molecule has 0 unspecified atom stereocenters. The minimum absolute atomic E-state index is 0. The van der Waals surface area contributed by atoms with Crippen LogP contribution in [0.2, 0.25) is 0 Å². The van der Waals surface area contributed by atoms with Crippen molar-refractivity contribution in [1.29, 1.82) is 0 Å². The molecule has 0 aromatic rings. The van der Waals surface area contributed by atoms with Gasteiger partial charge in [-0.2, -0.15) is 0 Å². The molecule has 0 amide bonds. The van der Waals surface area contributed by atoms with Crippen molar-refractivity contribution in [2.75, 3.05) is 33.0 Å². The molecule has 4 nitrogen and oxygen atoms in total. The van der Waals surface area contributed by atoms with Gasteiger partial charge in [-0.3, -0.25) is 0 Å². The van der Waals surface area contributed by atoms with E-state index in [0.717, 1.165) is 0 Å². The summed E-state index contributed by atoms with van der Waals surface area (Å²) in [7, 11) is 0. The maximum atomic E-state index is 9.21. The Balaban J connectivity index is 0. The molecular formula is C8H18O4Te. The van der Waals surface area contributed by atoms with Crippen LogP contribution in [0.25, 0.3) is 0 Å². The van der Waals surface area contributed by atoms with Crippen LogP contribution in [0.4, 0.5) is 0 Å². The molecule has 0 bridgehead atoms. The van der Waals surface area contributed by atoms with E-state index in [4.69, 9.17) is 14.6 Å². The summed E-state index contributed by atoms with van der Waals surface area (Å²) in [5, 5.41) is 17.6. The van der Waals surface area contributed by atoms with Crippen LogP contribution in [0.5, 0.6) is 0 Å². The van der Waals surface area contributed by atoms with Crippen molar-refractivity contribution in [3.63, 3.8) is 0 Å². The van der Waals surface area contributed by atoms with Crippen LogP contribution in [0.3, 0.4) is 0 Å². The molecule has 0 aliphatic rings. The molecular weight excluding hydrogens is 288 g/mol. The first-order valence-electron chi connectivity index (χ1n) is 4.05. The van der Waals surface area contributed by atoms with E-state index in [1.54, 1.807) is 13.8 Å². The zero-order valence-electron chi connectivity index (χ0n) is 8.15. The van der Waals surface area contributed by atoms with Crippen molar-refractivity contribution < 1.29 is 19.7 Å². The number of hydrogen-bond acceptors (Lipinski definition) is 4. The molecule has 0 atom stereocenters. The Morgan fingerprint density at radius 3 is 2.08 bits per heavy atom.